The number of hydrogen-bond acceptors (Lipinski definition) is 2. The van der Waals surface area contributed by atoms with Crippen molar-refractivity contribution in [2.45, 2.75) is 26.4 Å². The largest absolute Gasteiger partial charge is 0.310 e. The fourth-order valence-corrected chi connectivity index (χ4v) is 2.07. The zero-order valence-electron chi connectivity index (χ0n) is 10.9. The van der Waals surface area contributed by atoms with Crippen LogP contribution in [0.1, 0.15) is 19.4 Å². The number of aryl methyl sites for hydroxylation is 1. The van der Waals surface area contributed by atoms with Gasteiger partial charge in [-0.2, -0.15) is 5.10 Å². The molecule has 0 unspecified atom stereocenters. The lowest BCUT2D eigenvalue weighted by Gasteiger charge is -2.11. The molecule has 1 N–H and O–H groups in total. The normalized spacial score (nSPS) is 11.2. The van der Waals surface area contributed by atoms with Gasteiger partial charge in [-0.25, -0.2) is 0 Å². The lowest BCUT2D eigenvalue weighted by Crippen LogP contribution is -2.21. The van der Waals surface area contributed by atoms with E-state index in [4.69, 9.17) is 11.6 Å². The Labute approximate surface area is 113 Å². The summed E-state index contributed by atoms with van der Waals surface area (Å²) in [6.45, 7) is 5.04. The highest BCUT2D eigenvalue weighted by atomic mass is 35.5. The molecule has 2 aromatic rings. The van der Waals surface area contributed by atoms with Gasteiger partial charge in [0, 0.05) is 36.4 Å². The molecule has 1 aromatic carbocycles. The summed E-state index contributed by atoms with van der Waals surface area (Å²) in [7, 11) is 1.93. The molecule has 0 saturated heterocycles. The van der Waals surface area contributed by atoms with Gasteiger partial charge in [0.1, 0.15) is 0 Å². The Bertz CT molecular complexity index is 532. The van der Waals surface area contributed by atoms with Gasteiger partial charge in [-0.15, -0.1) is 0 Å². The van der Waals surface area contributed by atoms with Crippen LogP contribution in [-0.4, -0.2) is 15.8 Å². The van der Waals surface area contributed by atoms with Crippen LogP contribution < -0.4 is 5.32 Å². The first-order valence-corrected chi connectivity index (χ1v) is 6.46. The second kappa shape index (κ2) is 5.55. The van der Waals surface area contributed by atoms with Crippen molar-refractivity contribution in [1.82, 2.24) is 15.1 Å². The highest BCUT2D eigenvalue weighted by Gasteiger charge is 2.06. The van der Waals surface area contributed by atoms with Crippen molar-refractivity contribution in [3.63, 3.8) is 0 Å². The van der Waals surface area contributed by atoms with Crippen LogP contribution in [-0.2, 0) is 13.6 Å². The fourth-order valence-electron chi connectivity index (χ4n) is 1.82. The molecule has 4 heteroatoms. The van der Waals surface area contributed by atoms with Gasteiger partial charge in [0.25, 0.3) is 0 Å². The second-order valence-electron chi connectivity index (χ2n) is 4.68. The summed E-state index contributed by atoms with van der Waals surface area (Å²) >= 11 is 6.31. The zero-order valence-corrected chi connectivity index (χ0v) is 11.7. The topological polar surface area (TPSA) is 29.9 Å². The Morgan fingerprint density at radius 2 is 2.11 bits per heavy atom. The van der Waals surface area contributed by atoms with Crippen LogP contribution in [0.3, 0.4) is 0 Å². The molecule has 1 heterocycles. The predicted octanol–water partition coefficient (Wildman–Crippen LogP) is 3.24. The molecule has 2 rings (SSSR count). The lowest BCUT2D eigenvalue weighted by atomic mass is 10.1. The molecule has 96 valence electrons. The molecule has 0 radical (unpaired) electrons. The van der Waals surface area contributed by atoms with Crippen LogP contribution in [0, 0.1) is 0 Å². The van der Waals surface area contributed by atoms with Gasteiger partial charge in [0.05, 0.1) is 5.69 Å². The lowest BCUT2D eigenvalue weighted by molar-refractivity contribution is 0.589. The minimum atomic E-state index is 0.456. The summed E-state index contributed by atoms with van der Waals surface area (Å²) in [6, 6.07) is 8.59. The van der Waals surface area contributed by atoms with Gasteiger partial charge in [-0.05, 0) is 17.7 Å². The van der Waals surface area contributed by atoms with Gasteiger partial charge in [0.15, 0.2) is 0 Å². The Morgan fingerprint density at radius 3 is 2.67 bits per heavy atom. The molecule has 3 nitrogen and oxygen atoms in total. The number of nitrogens with one attached hydrogen (secondary N) is 1. The molecular weight excluding hydrogens is 246 g/mol. The van der Waals surface area contributed by atoms with E-state index >= 15 is 0 Å². The van der Waals surface area contributed by atoms with Crippen molar-refractivity contribution in [3.05, 3.63) is 41.0 Å². The maximum absolute atomic E-state index is 6.31. The molecule has 1 aromatic heterocycles. The fraction of sp³-hybridized carbons (Fsp3) is 0.357. The Hall–Kier alpha value is -1.32. The van der Waals surface area contributed by atoms with Gasteiger partial charge in [-0.3, -0.25) is 4.68 Å². The molecule has 0 aliphatic rings. The van der Waals surface area contributed by atoms with E-state index in [0.717, 1.165) is 28.4 Å². The van der Waals surface area contributed by atoms with Crippen LogP contribution in [0.4, 0.5) is 0 Å². The highest BCUT2D eigenvalue weighted by molar-refractivity contribution is 6.31. The third-order valence-corrected chi connectivity index (χ3v) is 3.22. The van der Waals surface area contributed by atoms with E-state index in [0.29, 0.717) is 6.04 Å². The molecule has 0 spiro atoms. The van der Waals surface area contributed by atoms with Crippen molar-refractivity contribution >= 4 is 11.6 Å². The first-order valence-electron chi connectivity index (χ1n) is 6.08. The predicted molar refractivity (Wildman–Crippen MR) is 75.6 cm³/mol. The Morgan fingerprint density at radius 1 is 1.33 bits per heavy atom. The van der Waals surface area contributed by atoms with Gasteiger partial charge < -0.3 is 5.32 Å². The zero-order chi connectivity index (χ0) is 13.1. The maximum atomic E-state index is 6.31. The minimum absolute atomic E-state index is 0.456. The summed E-state index contributed by atoms with van der Waals surface area (Å²) < 4.78 is 1.84. The second-order valence-corrected chi connectivity index (χ2v) is 5.09. The van der Waals surface area contributed by atoms with E-state index in [9.17, 15) is 0 Å². The van der Waals surface area contributed by atoms with E-state index in [1.54, 1.807) is 6.20 Å². The van der Waals surface area contributed by atoms with Crippen molar-refractivity contribution < 1.29 is 0 Å². The van der Waals surface area contributed by atoms with Gasteiger partial charge in [-0.1, -0.05) is 37.6 Å². The third-order valence-electron chi connectivity index (χ3n) is 2.87. The monoisotopic (exact) mass is 263 g/mol. The van der Waals surface area contributed by atoms with Gasteiger partial charge in [0.2, 0.25) is 0 Å². The van der Waals surface area contributed by atoms with Crippen molar-refractivity contribution in [2.75, 3.05) is 0 Å². The Kier molecular flexibility index (Phi) is 4.04. The molecule has 0 aliphatic heterocycles. The van der Waals surface area contributed by atoms with E-state index in [-0.39, 0.29) is 0 Å². The van der Waals surface area contributed by atoms with E-state index < -0.39 is 0 Å². The molecular formula is C14H18ClN3. The van der Waals surface area contributed by atoms with Crippen LogP contribution in [0.25, 0.3) is 11.3 Å². The summed E-state index contributed by atoms with van der Waals surface area (Å²) in [5, 5.41) is 8.33. The molecule has 18 heavy (non-hydrogen) atoms. The van der Waals surface area contributed by atoms with Crippen molar-refractivity contribution in [1.29, 1.82) is 0 Å². The van der Waals surface area contributed by atoms with Crippen LogP contribution in [0.2, 0.25) is 5.02 Å². The number of nitrogens with zero attached hydrogens (tertiary/aromatic N) is 2. The summed E-state index contributed by atoms with van der Waals surface area (Å²) in [5.74, 6) is 0. The standard InChI is InChI=1S/C14H18ClN3/c1-10(2)16-9-12-5-4-11(8-13(12)15)14-6-7-17-18(14)3/h4-8,10,16H,9H2,1-3H3. The first-order chi connectivity index (χ1) is 8.58. The number of halogens is 1. The average molecular weight is 264 g/mol. The SMILES string of the molecule is CC(C)NCc1ccc(-c2ccnn2C)cc1Cl. The number of aromatic nitrogens is 2. The average Bonchev–Trinajstić information content (AvgIpc) is 2.73. The smallest absolute Gasteiger partial charge is 0.0679 e. The molecule has 0 saturated carbocycles. The van der Waals surface area contributed by atoms with E-state index in [1.807, 2.05) is 23.9 Å². The quantitative estimate of drug-likeness (QED) is 0.918. The molecule has 0 atom stereocenters. The molecule has 0 aliphatic carbocycles. The van der Waals surface area contributed by atoms with E-state index in [1.165, 1.54) is 0 Å². The summed E-state index contributed by atoms with van der Waals surface area (Å²) in [5.41, 5.74) is 3.28. The number of rotatable bonds is 4. The van der Waals surface area contributed by atoms with Gasteiger partial charge >= 0.3 is 0 Å². The minimum Gasteiger partial charge on any atom is -0.310 e. The summed E-state index contributed by atoms with van der Waals surface area (Å²) in [6.07, 6.45) is 1.79. The maximum Gasteiger partial charge on any atom is 0.0679 e. The highest BCUT2D eigenvalue weighted by Crippen LogP contribution is 2.25. The molecule has 0 amide bonds. The number of benzene rings is 1. The summed E-state index contributed by atoms with van der Waals surface area (Å²) in [4.78, 5) is 0. The van der Waals surface area contributed by atoms with Crippen LogP contribution in [0.5, 0.6) is 0 Å². The van der Waals surface area contributed by atoms with Crippen molar-refractivity contribution in [2.24, 2.45) is 7.05 Å². The Balaban J connectivity index is 2.22. The first kappa shape index (κ1) is 13.1. The van der Waals surface area contributed by atoms with Crippen LogP contribution in [0.15, 0.2) is 30.5 Å². The van der Waals surface area contributed by atoms with Crippen molar-refractivity contribution in [3.8, 4) is 11.3 Å². The molecule has 0 bridgehead atoms. The van der Waals surface area contributed by atoms with E-state index in [2.05, 4.69) is 36.4 Å². The van der Waals surface area contributed by atoms with Crippen LogP contribution >= 0.6 is 11.6 Å². The molecule has 0 fully saturated rings. The number of hydrogen-bond donors (Lipinski definition) is 1. The third kappa shape index (κ3) is 2.92.